The third-order valence-electron chi connectivity index (χ3n) is 8.19. The molecule has 1 fully saturated rings. The summed E-state index contributed by atoms with van der Waals surface area (Å²) in [6, 6.07) is 23.8. The maximum atomic E-state index is 2.47. The van der Waals surface area contributed by atoms with Gasteiger partial charge in [0.05, 0.1) is 5.39 Å². The SMILES string of the molecule is CC[n+]1c(/C=C\C=C2/SC3C=C(/C=C/c4ccccc4)C=CC3[C@]2(C)CC)sc2ccc3ccccc3c21. The van der Waals surface area contributed by atoms with Crippen LogP contribution in [0.25, 0.3) is 33.1 Å². The quantitative estimate of drug-likeness (QED) is 0.224. The molecule has 38 heavy (non-hydrogen) atoms. The van der Waals surface area contributed by atoms with E-state index in [1.165, 1.54) is 42.0 Å². The third kappa shape index (κ3) is 4.52. The van der Waals surface area contributed by atoms with Crippen LogP contribution in [-0.4, -0.2) is 5.25 Å². The molecule has 0 saturated carbocycles. The van der Waals surface area contributed by atoms with Crippen LogP contribution in [0.3, 0.4) is 0 Å². The lowest BCUT2D eigenvalue weighted by molar-refractivity contribution is -0.664. The van der Waals surface area contributed by atoms with Gasteiger partial charge in [-0.3, -0.25) is 0 Å². The van der Waals surface area contributed by atoms with Crippen LogP contribution in [0.1, 0.15) is 37.8 Å². The van der Waals surface area contributed by atoms with Gasteiger partial charge < -0.3 is 0 Å². The van der Waals surface area contributed by atoms with E-state index in [-0.39, 0.29) is 5.41 Å². The predicted octanol–water partition coefficient (Wildman–Crippen LogP) is 9.62. The average molecular weight is 533 g/mol. The first-order valence-corrected chi connectivity index (χ1v) is 15.3. The minimum atomic E-state index is 0.165. The summed E-state index contributed by atoms with van der Waals surface area (Å²) in [6.45, 7) is 8.00. The summed E-state index contributed by atoms with van der Waals surface area (Å²) in [4.78, 5) is 1.50. The van der Waals surface area contributed by atoms with Crippen LogP contribution in [0, 0.1) is 11.3 Å². The van der Waals surface area contributed by atoms with Gasteiger partial charge in [0, 0.05) is 22.7 Å². The largest absolute Gasteiger partial charge is 0.262 e. The Morgan fingerprint density at radius 1 is 0.921 bits per heavy atom. The zero-order valence-corrected chi connectivity index (χ0v) is 23.9. The molecule has 0 spiro atoms. The van der Waals surface area contributed by atoms with E-state index in [1.54, 1.807) is 0 Å². The number of thioether (sulfide) groups is 1. The number of nitrogens with zero attached hydrogens (tertiary/aromatic N) is 1. The summed E-state index contributed by atoms with van der Waals surface area (Å²) in [5, 5.41) is 4.44. The van der Waals surface area contributed by atoms with Crippen molar-refractivity contribution < 1.29 is 4.57 Å². The fraction of sp³-hybridized carbons (Fsp3) is 0.229. The van der Waals surface area contributed by atoms with Crippen molar-refractivity contribution in [2.75, 3.05) is 0 Å². The van der Waals surface area contributed by atoms with E-state index in [0.29, 0.717) is 11.2 Å². The van der Waals surface area contributed by atoms with Gasteiger partial charge in [-0.2, -0.15) is 4.57 Å². The number of aryl methyl sites for hydroxylation is 1. The van der Waals surface area contributed by atoms with Crippen LogP contribution < -0.4 is 4.57 Å². The number of hydrogen-bond donors (Lipinski definition) is 0. The van der Waals surface area contributed by atoms with Crippen molar-refractivity contribution in [3.8, 4) is 0 Å². The number of aromatic nitrogens is 1. The first-order chi connectivity index (χ1) is 18.6. The normalized spacial score (nSPS) is 24.3. The van der Waals surface area contributed by atoms with Crippen LogP contribution in [-0.2, 0) is 6.54 Å². The molecule has 1 aromatic heterocycles. The minimum absolute atomic E-state index is 0.165. The molecule has 1 nitrogen and oxygen atoms in total. The summed E-state index contributed by atoms with van der Waals surface area (Å²) >= 11 is 3.94. The van der Waals surface area contributed by atoms with E-state index in [4.69, 9.17) is 0 Å². The molecule has 2 heterocycles. The van der Waals surface area contributed by atoms with Gasteiger partial charge in [0.2, 0.25) is 5.52 Å². The molecule has 1 saturated heterocycles. The Balaban J connectivity index is 1.28. The van der Waals surface area contributed by atoms with E-state index in [2.05, 4.69) is 141 Å². The van der Waals surface area contributed by atoms with Crippen LogP contribution in [0.4, 0.5) is 0 Å². The number of hydrogen-bond acceptors (Lipinski definition) is 2. The molecule has 6 rings (SSSR count). The summed E-state index contributed by atoms with van der Waals surface area (Å²) in [5.41, 5.74) is 4.07. The molecular formula is C35H34NS2+. The highest BCUT2D eigenvalue weighted by molar-refractivity contribution is 8.04. The Hall–Kier alpha value is -3.14. The fourth-order valence-corrected chi connectivity index (χ4v) is 8.76. The number of fused-ring (bicyclic) bond motifs is 4. The lowest BCUT2D eigenvalue weighted by Gasteiger charge is -2.31. The highest BCUT2D eigenvalue weighted by atomic mass is 32.2. The molecule has 2 aliphatic rings. The summed E-state index contributed by atoms with van der Waals surface area (Å²) in [5.74, 6) is 0.530. The molecule has 3 aromatic carbocycles. The molecule has 4 aromatic rings. The fourth-order valence-electron chi connectivity index (χ4n) is 5.84. The van der Waals surface area contributed by atoms with Crippen molar-refractivity contribution in [3.63, 3.8) is 0 Å². The van der Waals surface area contributed by atoms with Gasteiger partial charge in [-0.1, -0.05) is 122 Å². The maximum absolute atomic E-state index is 2.47. The summed E-state index contributed by atoms with van der Waals surface area (Å²) < 4.78 is 3.82. The average Bonchev–Trinajstić information content (AvgIpc) is 3.47. The highest BCUT2D eigenvalue weighted by Gasteiger charge is 2.46. The molecule has 3 heteroatoms. The molecule has 1 aliphatic carbocycles. The lowest BCUT2D eigenvalue weighted by Crippen LogP contribution is -2.33. The van der Waals surface area contributed by atoms with Crippen LogP contribution >= 0.6 is 23.1 Å². The van der Waals surface area contributed by atoms with Crippen molar-refractivity contribution >= 4 is 56.2 Å². The zero-order chi connectivity index (χ0) is 26.1. The molecule has 0 N–H and O–H groups in total. The molecule has 190 valence electrons. The zero-order valence-electron chi connectivity index (χ0n) is 22.3. The first kappa shape index (κ1) is 25.2. The third-order valence-corrected chi connectivity index (χ3v) is 10.9. The van der Waals surface area contributed by atoms with Gasteiger partial charge in [0.15, 0.2) is 0 Å². The number of rotatable bonds is 6. The second-order valence-electron chi connectivity index (χ2n) is 10.4. The second-order valence-corrected chi connectivity index (χ2v) is 12.6. The van der Waals surface area contributed by atoms with E-state index >= 15 is 0 Å². The maximum Gasteiger partial charge on any atom is 0.262 e. The number of thiazole rings is 1. The summed E-state index contributed by atoms with van der Waals surface area (Å²) in [6.07, 6.45) is 19.8. The van der Waals surface area contributed by atoms with E-state index in [1.807, 2.05) is 23.1 Å². The van der Waals surface area contributed by atoms with Crippen molar-refractivity contribution in [1.82, 2.24) is 0 Å². The monoisotopic (exact) mass is 532 g/mol. The molecule has 2 unspecified atom stereocenters. The Bertz CT molecular complexity index is 1630. The Kier molecular flexibility index (Phi) is 6.99. The van der Waals surface area contributed by atoms with Gasteiger partial charge in [-0.15, -0.1) is 11.8 Å². The minimum Gasteiger partial charge on any atom is -0.182 e. The Morgan fingerprint density at radius 2 is 1.74 bits per heavy atom. The van der Waals surface area contributed by atoms with Gasteiger partial charge in [-0.05, 0) is 46.9 Å². The lowest BCUT2D eigenvalue weighted by atomic mass is 9.71. The van der Waals surface area contributed by atoms with Crippen molar-refractivity contribution in [1.29, 1.82) is 0 Å². The first-order valence-electron chi connectivity index (χ1n) is 13.6. The molecule has 3 atom stereocenters. The Morgan fingerprint density at radius 3 is 2.55 bits per heavy atom. The van der Waals surface area contributed by atoms with E-state index in [9.17, 15) is 0 Å². The number of allylic oxidation sites excluding steroid dienone is 7. The van der Waals surface area contributed by atoms with Gasteiger partial charge >= 0.3 is 0 Å². The van der Waals surface area contributed by atoms with Gasteiger partial charge in [0.25, 0.3) is 5.01 Å². The highest BCUT2D eigenvalue weighted by Crippen LogP contribution is 2.58. The number of benzene rings is 3. The van der Waals surface area contributed by atoms with Gasteiger partial charge in [0.1, 0.15) is 11.2 Å². The van der Waals surface area contributed by atoms with Crippen molar-refractivity contribution in [2.24, 2.45) is 11.3 Å². The van der Waals surface area contributed by atoms with Crippen LogP contribution in [0.2, 0.25) is 0 Å². The topological polar surface area (TPSA) is 3.88 Å². The van der Waals surface area contributed by atoms with Crippen molar-refractivity contribution in [3.05, 3.63) is 124 Å². The standard InChI is InChI=1S/C35H34NS2/c1-4-35(3)29-22-20-26(19-18-25-12-7-6-8-13-25)24-31(29)37-32(35)16-11-17-33-36(5-2)34-28-15-10-9-14-27(28)21-23-30(34)38-33/h6-24,29,31H,4-5H2,1-3H3/q+1/b17-11-,19-18+,32-16-/t29?,31?,35-/m0/s1. The molecule has 1 aliphatic heterocycles. The van der Waals surface area contributed by atoms with E-state index < -0.39 is 0 Å². The van der Waals surface area contributed by atoms with Crippen LogP contribution in [0.15, 0.2) is 114 Å². The molecule has 0 bridgehead atoms. The smallest absolute Gasteiger partial charge is 0.182 e. The predicted molar refractivity (Wildman–Crippen MR) is 168 cm³/mol. The second kappa shape index (κ2) is 10.6. The van der Waals surface area contributed by atoms with E-state index in [0.717, 1.165) is 13.0 Å². The molecule has 0 radical (unpaired) electrons. The summed E-state index contributed by atoms with van der Waals surface area (Å²) in [7, 11) is 0. The van der Waals surface area contributed by atoms with Gasteiger partial charge in [-0.25, -0.2) is 0 Å². The van der Waals surface area contributed by atoms with Crippen molar-refractivity contribution in [2.45, 2.75) is 39.0 Å². The molecular weight excluding hydrogens is 499 g/mol. The van der Waals surface area contributed by atoms with Crippen LogP contribution in [0.5, 0.6) is 0 Å². The molecule has 0 amide bonds. The Labute approximate surface area is 234 Å².